The van der Waals surface area contributed by atoms with Crippen molar-refractivity contribution in [2.24, 2.45) is 0 Å². The van der Waals surface area contributed by atoms with Crippen LogP contribution in [0, 0.1) is 0 Å². The molecule has 0 spiro atoms. The smallest absolute Gasteiger partial charge is 0.219 e. The molecular formula is C19H24ClN5O. The van der Waals surface area contributed by atoms with Crippen molar-refractivity contribution in [3.63, 3.8) is 0 Å². The molecule has 0 saturated carbocycles. The molecule has 1 aromatic heterocycles. The molecule has 0 unspecified atom stereocenters. The van der Waals surface area contributed by atoms with E-state index < -0.39 is 0 Å². The summed E-state index contributed by atoms with van der Waals surface area (Å²) in [6, 6.07) is 8.30. The lowest BCUT2D eigenvalue weighted by Gasteiger charge is -2.36. The van der Waals surface area contributed by atoms with E-state index in [9.17, 15) is 4.79 Å². The first-order valence-electron chi connectivity index (χ1n) is 9.28. The first-order valence-corrected chi connectivity index (χ1v) is 9.66. The lowest BCUT2D eigenvalue weighted by atomic mass is 10.00. The van der Waals surface area contributed by atoms with Crippen LogP contribution < -0.4 is 0 Å². The van der Waals surface area contributed by atoms with Crippen molar-refractivity contribution in [2.45, 2.75) is 51.9 Å². The Morgan fingerprint density at radius 2 is 2.04 bits per heavy atom. The highest BCUT2D eigenvalue weighted by Gasteiger charge is 2.31. The first kappa shape index (κ1) is 17.5. The van der Waals surface area contributed by atoms with E-state index in [0.717, 1.165) is 54.8 Å². The van der Waals surface area contributed by atoms with Gasteiger partial charge in [0, 0.05) is 31.6 Å². The second-order valence-corrected chi connectivity index (χ2v) is 7.55. The molecule has 2 aliphatic rings. The predicted molar refractivity (Wildman–Crippen MR) is 99.6 cm³/mol. The minimum atomic E-state index is 0.0961. The zero-order valence-corrected chi connectivity index (χ0v) is 15.8. The van der Waals surface area contributed by atoms with Gasteiger partial charge in [0.15, 0.2) is 11.6 Å². The van der Waals surface area contributed by atoms with Gasteiger partial charge < -0.3 is 9.47 Å². The Labute approximate surface area is 158 Å². The van der Waals surface area contributed by atoms with E-state index in [1.807, 2.05) is 23.1 Å². The fourth-order valence-corrected chi connectivity index (χ4v) is 4.21. The molecule has 1 fully saturated rings. The maximum atomic E-state index is 11.7. The van der Waals surface area contributed by atoms with Gasteiger partial charge in [0.05, 0.1) is 12.6 Å². The summed E-state index contributed by atoms with van der Waals surface area (Å²) in [4.78, 5) is 16.0. The number of fused-ring (bicyclic) bond motifs is 1. The number of aromatic nitrogens is 3. The summed E-state index contributed by atoms with van der Waals surface area (Å²) in [6.07, 6.45) is 3.48. The van der Waals surface area contributed by atoms with Crippen molar-refractivity contribution < 1.29 is 4.79 Å². The molecule has 0 radical (unpaired) electrons. The quantitative estimate of drug-likeness (QED) is 0.829. The Hall–Kier alpha value is -1.92. The molecule has 2 aliphatic heterocycles. The Kier molecular flexibility index (Phi) is 4.96. The number of carbonyl (C=O) groups excluding carboxylic acids is 1. The Bertz CT molecular complexity index is 805. The number of hydrogen-bond acceptors (Lipinski definition) is 4. The topological polar surface area (TPSA) is 54.3 Å². The van der Waals surface area contributed by atoms with Gasteiger partial charge in [-0.15, -0.1) is 10.2 Å². The molecule has 1 atom stereocenters. The number of likely N-dealkylation sites (tertiary alicyclic amines) is 1. The Morgan fingerprint density at radius 3 is 2.85 bits per heavy atom. The van der Waals surface area contributed by atoms with Crippen molar-refractivity contribution >= 4 is 17.5 Å². The molecule has 2 aromatic rings. The standard InChI is InChI=1S/C19H24ClN5O/c1-14(26)23-10-11-25-18(13-23)21-22-19(25)17-8-4-5-9-24(17)12-15-6-2-3-7-16(15)20/h2-3,6-7,17H,4-5,8-13H2,1H3/t17-/m0/s1. The van der Waals surface area contributed by atoms with Gasteiger partial charge in [-0.2, -0.15) is 0 Å². The second-order valence-electron chi connectivity index (χ2n) is 7.14. The highest BCUT2D eigenvalue weighted by Crippen LogP contribution is 2.33. The van der Waals surface area contributed by atoms with E-state index in [0.29, 0.717) is 6.54 Å². The molecule has 1 amide bonds. The minimum Gasteiger partial charge on any atom is -0.334 e. The second kappa shape index (κ2) is 7.37. The van der Waals surface area contributed by atoms with Crippen LogP contribution >= 0.6 is 11.6 Å². The van der Waals surface area contributed by atoms with Crippen LogP contribution in [0.5, 0.6) is 0 Å². The van der Waals surface area contributed by atoms with Crippen molar-refractivity contribution in [1.29, 1.82) is 0 Å². The summed E-state index contributed by atoms with van der Waals surface area (Å²) in [5.41, 5.74) is 1.15. The van der Waals surface area contributed by atoms with E-state index in [2.05, 4.69) is 25.7 Å². The molecule has 26 heavy (non-hydrogen) atoms. The van der Waals surface area contributed by atoms with Gasteiger partial charge in [-0.25, -0.2) is 0 Å². The van der Waals surface area contributed by atoms with Crippen LogP contribution in [0.3, 0.4) is 0 Å². The van der Waals surface area contributed by atoms with Gasteiger partial charge >= 0.3 is 0 Å². The summed E-state index contributed by atoms with van der Waals surface area (Å²) >= 11 is 6.38. The number of rotatable bonds is 3. The maximum absolute atomic E-state index is 11.7. The normalized spacial score (nSPS) is 20.8. The van der Waals surface area contributed by atoms with Crippen molar-refractivity contribution in [3.8, 4) is 0 Å². The number of carbonyl (C=O) groups is 1. The summed E-state index contributed by atoms with van der Waals surface area (Å²) in [5.74, 6) is 2.03. The lowest BCUT2D eigenvalue weighted by molar-refractivity contribution is -0.130. The first-order chi connectivity index (χ1) is 12.6. The monoisotopic (exact) mass is 373 g/mol. The molecule has 138 valence electrons. The van der Waals surface area contributed by atoms with E-state index in [-0.39, 0.29) is 11.9 Å². The minimum absolute atomic E-state index is 0.0961. The number of nitrogens with zero attached hydrogens (tertiary/aromatic N) is 5. The van der Waals surface area contributed by atoms with Gasteiger partial charge in [-0.3, -0.25) is 9.69 Å². The molecule has 4 rings (SSSR count). The molecule has 6 nitrogen and oxygen atoms in total. The van der Waals surface area contributed by atoms with Gasteiger partial charge in [0.1, 0.15) is 0 Å². The zero-order valence-electron chi connectivity index (χ0n) is 15.1. The number of halogens is 1. The van der Waals surface area contributed by atoms with Gasteiger partial charge in [-0.05, 0) is 31.0 Å². The molecule has 0 bridgehead atoms. The molecule has 3 heterocycles. The predicted octanol–water partition coefficient (Wildman–Crippen LogP) is 3.02. The van der Waals surface area contributed by atoms with Crippen molar-refractivity contribution in [1.82, 2.24) is 24.6 Å². The van der Waals surface area contributed by atoms with E-state index in [4.69, 9.17) is 11.6 Å². The third-order valence-electron chi connectivity index (χ3n) is 5.47. The zero-order chi connectivity index (χ0) is 18.1. The van der Waals surface area contributed by atoms with Crippen LogP contribution in [0.2, 0.25) is 5.02 Å². The molecule has 1 aromatic carbocycles. The molecular weight excluding hydrogens is 350 g/mol. The van der Waals surface area contributed by atoms with E-state index in [1.165, 1.54) is 12.8 Å². The van der Waals surface area contributed by atoms with E-state index in [1.54, 1.807) is 6.92 Å². The summed E-state index contributed by atoms with van der Waals surface area (Å²) < 4.78 is 2.22. The fourth-order valence-electron chi connectivity index (χ4n) is 4.01. The third kappa shape index (κ3) is 3.35. The number of hydrogen-bond donors (Lipinski definition) is 0. The SMILES string of the molecule is CC(=O)N1CCn2c(nnc2[C@@H]2CCCCN2Cc2ccccc2Cl)C1. The van der Waals surface area contributed by atoms with Crippen molar-refractivity contribution in [3.05, 3.63) is 46.5 Å². The summed E-state index contributed by atoms with van der Waals surface area (Å²) in [5, 5.41) is 9.74. The third-order valence-corrected chi connectivity index (χ3v) is 5.84. The van der Waals surface area contributed by atoms with Crippen LogP contribution in [0.1, 0.15) is 49.4 Å². The summed E-state index contributed by atoms with van der Waals surface area (Å²) in [6.45, 7) is 5.53. The fraction of sp³-hybridized carbons (Fsp3) is 0.526. The van der Waals surface area contributed by atoms with Gasteiger partial charge in [-0.1, -0.05) is 36.2 Å². The van der Waals surface area contributed by atoms with Crippen LogP contribution in [-0.4, -0.2) is 43.6 Å². The van der Waals surface area contributed by atoms with Crippen LogP contribution in [0.15, 0.2) is 24.3 Å². The number of piperidine rings is 1. The molecule has 0 aliphatic carbocycles. The van der Waals surface area contributed by atoms with Crippen molar-refractivity contribution in [2.75, 3.05) is 13.1 Å². The van der Waals surface area contributed by atoms with Crippen LogP contribution in [0.4, 0.5) is 0 Å². The summed E-state index contributed by atoms with van der Waals surface area (Å²) in [7, 11) is 0. The largest absolute Gasteiger partial charge is 0.334 e. The molecule has 1 saturated heterocycles. The Morgan fingerprint density at radius 1 is 1.19 bits per heavy atom. The number of benzene rings is 1. The van der Waals surface area contributed by atoms with E-state index >= 15 is 0 Å². The highest BCUT2D eigenvalue weighted by molar-refractivity contribution is 6.31. The molecule has 7 heteroatoms. The average molecular weight is 374 g/mol. The number of amides is 1. The maximum Gasteiger partial charge on any atom is 0.219 e. The lowest BCUT2D eigenvalue weighted by Crippen LogP contribution is -2.39. The van der Waals surface area contributed by atoms with Gasteiger partial charge in [0.2, 0.25) is 5.91 Å². The average Bonchev–Trinajstić information content (AvgIpc) is 3.07. The van der Waals surface area contributed by atoms with Crippen LogP contribution in [0.25, 0.3) is 0 Å². The molecule has 0 N–H and O–H groups in total. The van der Waals surface area contributed by atoms with Crippen LogP contribution in [-0.2, 0) is 24.4 Å². The Balaban J connectivity index is 1.58. The highest BCUT2D eigenvalue weighted by atomic mass is 35.5. The van der Waals surface area contributed by atoms with Gasteiger partial charge in [0.25, 0.3) is 0 Å².